The minimum atomic E-state index is -0.268. The van der Waals surface area contributed by atoms with Crippen LogP contribution in [0, 0.1) is 6.92 Å². The van der Waals surface area contributed by atoms with Crippen molar-refractivity contribution in [2.75, 3.05) is 19.0 Å². The van der Waals surface area contributed by atoms with Crippen LogP contribution < -0.4 is 26.3 Å². The van der Waals surface area contributed by atoms with Crippen LogP contribution in [0.4, 0.5) is 5.69 Å². The van der Waals surface area contributed by atoms with Crippen molar-refractivity contribution in [3.05, 3.63) is 53.6 Å². The van der Waals surface area contributed by atoms with E-state index in [0.717, 1.165) is 11.3 Å². The van der Waals surface area contributed by atoms with Crippen LogP contribution in [0.3, 0.4) is 0 Å². The lowest BCUT2D eigenvalue weighted by atomic mass is 10.2. The van der Waals surface area contributed by atoms with Crippen molar-refractivity contribution in [1.82, 2.24) is 0 Å². The molecule has 8 heteroatoms. The van der Waals surface area contributed by atoms with Crippen molar-refractivity contribution in [3.63, 3.8) is 0 Å². The van der Waals surface area contributed by atoms with E-state index in [4.69, 9.17) is 20.9 Å². The van der Waals surface area contributed by atoms with E-state index in [1.807, 2.05) is 31.2 Å². The van der Waals surface area contributed by atoms with Crippen molar-refractivity contribution in [2.45, 2.75) is 6.92 Å². The zero-order valence-electron chi connectivity index (χ0n) is 14.6. The number of nitrogens with zero attached hydrogens (tertiary/aromatic N) is 2. The van der Waals surface area contributed by atoms with E-state index in [0.29, 0.717) is 17.1 Å². The van der Waals surface area contributed by atoms with Gasteiger partial charge in [0.2, 0.25) is 5.96 Å². The number of benzene rings is 2. The number of carbonyl (C=O) groups is 1. The predicted molar refractivity (Wildman–Crippen MR) is 102 cm³/mol. The third-order valence-electron chi connectivity index (χ3n) is 3.23. The first-order valence-electron chi connectivity index (χ1n) is 7.77. The van der Waals surface area contributed by atoms with Gasteiger partial charge in [0, 0.05) is 5.69 Å². The van der Waals surface area contributed by atoms with E-state index in [1.54, 1.807) is 18.2 Å². The second-order valence-corrected chi connectivity index (χ2v) is 5.39. The highest BCUT2D eigenvalue weighted by Gasteiger charge is 2.09. The first-order chi connectivity index (χ1) is 12.5. The van der Waals surface area contributed by atoms with Gasteiger partial charge in [-0.25, -0.2) is 0 Å². The van der Waals surface area contributed by atoms with E-state index in [-0.39, 0.29) is 18.5 Å². The summed E-state index contributed by atoms with van der Waals surface area (Å²) in [4.78, 5) is 12.0. The Morgan fingerprint density at radius 3 is 2.69 bits per heavy atom. The Balaban J connectivity index is 1.99. The average Bonchev–Trinajstić information content (AvgIpc) is 2.60. The largest absolute Gasteiger partial charge is 0.493 e. The number of nitrogens with one attached hydrogen (secondary N) is 1. The highest BCUT2D eigenvalue weighted by Crippen LogP contribution is 2.27. The number of guanidine groups is 1. The summed E-state index contributed by atoms with van der Waals surface area (Å²) in [5.41, 5.74) is 12.9. The minimum Gasteiger partial charge on any atom is -0.493 e. The second-order valence-electron chi connectivity index (χ2n) is 5.39. The van der Waals surface area contributed by atoms with Gasteiger partial charge >= 0.3 is 0 Å². The first-order valence-corrected chi connectivity index (χ1v) is 7.77. The van der Waals surface area contributed by atoms with Gasteiger partial charge in [-0.1, -0.05) is 12.1 Å². The predicted octanol–water partition coefficient (Wildman–Crippen LogP) is 1.63. The lowest BCUT2D eigenvalue weighted by molar-refractivity contribution is -0.118. The molecule has 136 valence electrons. The topological polar surface area (TPSA) is 124 Å². The zero-order chi connectivity index (χ0) is 18.9. The molecule has 1 amide bonds. The summed E-state index contributed by atoms with van der Waals surface area (Å²) in [6.07, 6.45) is 1.47. The lowest BCUT2D eigenvalue weighted by Crippen LogP contribution is -2.21. The van der Waals surface area contributed by atoms with Crippen molar-refractivity contribution in [2.24, 2.45) is 21.7 Å². The van der Waals surface area contributed by atoms with E-state index in [9.17, 15) is 4.79 Å². The minimum absolute atomic E-state index is 0.132. The van der Waals surface area contributed by atoms with Crippen molar-refractivity contribution < 1.29 is 14.3 Å². The molecule has 0 aliphatic rings. The number of carbonyl (C=O) groups excluding carboxylic acids is 1. The molecule has 0 unspecified atom stereocenters. The van der Waals surface area contributed by atoms with Gasteiger partial charge in [-0.2, -0.15) is 5.10 Å². The normalized spacial score (nSPS) is 10.4. The summed E-state index contributed by atoms with van der Waals surface area (Å²) in [5.74, 6) is 0.497. The molecule has 0 heterocycles. The van der Waals surface area contributed by atoms with Crippen molar-refractivity contribution in [3.8, 4) is 11.5 Å². The molecule has 0 atom stereocenters. The Labute approximate surface area is 151 Å². The Morgan fingerprint density at radius 2 is 2.00 bits per heavy atom. The van der Waals surface area contributed by atoms with Crippen LogP contribution in [0.2, 0.25) is 0 Å². The summed E-state index contributed by atoms with van der Waals surface area (Å²) in [7, 11) is 1.51. The molecule has 0 aliphatic carbocycles. The number of anilines is 1. The lowest BCUT2D eigenvalue weighted by Gasteiger charge is -2.11. The van der Waals surface area contributed by atoms with Crippen LogP contribution in [0.5, 0.6) is 11.5 Å². The average molecular weight is 355 g/mol. The number of rotatable bonds is 7. The van der Waals surface area contributed by atoms with Crippen LogP contribution in [0.15, 0.2) is 52.7 Å². The van der Waals surface area contributed by atoms with Crippen molar-refractivity contribution in [1.29, 1.82) is 0 Å². The third-order valence-corrected chi connectivity index (χ3v) is 3.23. The van der Waals surface area contributed by atoms with Gasteiger partial charge in [0.05, 0.1) is 13.3 Å². The van der Waals surface area contributed by atoms with Crippen LogP contribution in [-0.2, 0) is 4.79 Å². The Hall–Kier alpha value is -3.55. The fourth-order valence-electron chi connectivity index (χ4n) is 2.11. The van der Waals surface area contributed by atoms with Crippen LogP contribution in [0.25, 0.3) is 0 Å². The van der Waals surface area contributed by atoms with E-state index >= 15 is 0 Å². The van der Waals surface area contributed by atoms with Gasteiger partial charge in [0.25, 0.3) is 5.91 Å². The highest BCUT2D eigenvalue weighted by molar-refractivity contribution is 5.92. The quantitative estimate of drug-likeness (QED) is 0.395. The fourth-order valence-corrected chi connectivity index (χ4v) is 2.11. The number of hydrogen-bond donors (Lipinski definition) is 3. The number of hydrogen-bond acceptors (Lipinski definition) is 5. The summed E-state index contributed by atoms with van der Waals surface area (Å²) in [6, 6.07) is 12.6. The summed E-state index contributed by atoms with van der Waals surface area (Å²) >= 11 is 0. The fraction of sp³-hybridized carbons (Fsp3) is 0.167. The Kier molecular flexibility index (Phi) is 6.55. The highest BCUT2D eigenvalue weighted by atomic mass is 16.5. The van der Waals surface area contributed by atoms with E-state index in [2.05, 4.69) is 15.5 Å². The molecular formula is C18H21N5O3. The zero-order valence-corrected chi connectivity index (χ0v) is 14.6. The van der Waals surface area contributed by atoms with E-state index < -0.39 is 0 Å². The number of aryl methyl sites for hydroxylation is 1. The van der Waals surface area contributed by atoms with Gasteiger partial charge in [0.15, 0.2) is 18.1 Å². The van der Waals surface area contributed by atoms with Gasteiger partial charge < -0.3 is 26.3 Å². The molecule has 0 saturated carbocycles. The molecule has 2 aromatic carbocycles. The molecule has 0 aromatic heterocycles. The molecule has 0 radical (unpaired) electrons. The van der Waals surface area contributed by atoms with Crippen LogP contribution in [-0.4, -0.2) is 31.8 Å². The Morgan fingerprint density at radius 1 is 1.19 bits per heavy atom. The first kappa shape index (κ1) is 18.8. The SMILES string of the molecule is COc1cc(/C=N/N=C(N)N)ccc1OCC(=O)Nc1cccc(C)c1. The summed E-state index contributed by atoms with van der Waals surface area (Å²) < 4.78 is 10.8. The molecule has 0 fully saturated rings. The smallest absolute Gasteiger partial charge is 0.262 e. The Bertz CT molecular complexity index is 829. The number of nitrogens with two attached hydrogens (primary N) is 2. The molecular weight excluding hydrogens is 334 g/mol. The van der Waals surface area contributed by atoms with Gasteiger partial charge in [-0.05, 0) is 48.4 Å². The molecule has 2 rings (SSSR count). The van der Waals surface area contributed by atoms with Crippen molar-refractivity contribution >= 4 is 23.8 Å². The summed E-state index contributed by atoms with van der Waals surface area (Å²) in [5, 5.41) is 10.0. The number of ether oxygens (including phenoxy) is 2. The molecule has 8 nitrogen and oxygen atoms in total. The van der Waals surface area contributed by atoms with Crippen LogP contribution in [0.1, 0.15) is 11.1 Å². The second kappa shape index (κ2) is 9.07. The summed E-state index contributed by atoms with van der Waals surface area (Å²) in [6.45, 7) is 1.81. The number of amides is 1. The van der Waals surface area contributed by atoms with Crippen LogP contribution >= 0.6 is 0 Å². The third kappa shape index (κ3) is 5.82. The maximum atomic E-state index is 12.0. The molecule has 26 heavy (non-hydrogen) atoms. The monoisotopic (exact) mass is 355 g/mol. The molecule has 5 N–H and O–H groups in total. The standard InChI is InChI=1S/C18H21N5O3/c1-12-4-3-5-14(8-12)22-17(24)11-26-15-7-6-13(9-16(15)25-2)10-21-23-18(19)20/h3-10H,11H2,1-2H3,(H,22,24)(H4,19,20,23)/b21-10+. The number of methoxy groups -OCH3 is 1. The molecule has 0 aliphatic heterocycles. The molecule has 0 spiro atoms. The van der Waals surface area contributed by atoms with Gasteiger partial charge in [0.1, 0.15) is 0 Å². The van der Waals surface area contributed by atoms with Gasteiger partial charge in [-0.15, -0.1) is 5.10 Å². The molecule has 0 saturated heterocycles. The van der Waals surface area contributed by atoms with Gasteiger partial charge in [-0.3, -0.25) is 4.79 Å². The van der Waals surface area contributed by atoms with E-state index in [1.165, 1.54) is 13.3 Å². The molecule has 2 aromatic rings. The maximum absolute atomic E-state index is 12.0. The molecule has 0 bridgehead atoms. The maximum Gasteiger partial charge on any atom is 0.262 e.